The van der Waals surface area contributed by atoms with Crippen LogP contribution < -0.4 is 14.3 Å². The van der Waals surface area contributed by atoms with Crippen molar-refractivity contribution < 1.29 is 21.2 Å². The van der Waals surface area contributed by atoms with Crippen LogP contribution in [0.15, 0.2) is 53.6 Å². The molecular weight excluding hydrogens is 523 g/mol. The summed E-state index contributed by atoms with van der Waals surface area (Å²) >= 11 is 0. The van der Waals surface area contributed by atoms with Crippen molar-refractivity contribution in [3.8, 4) is 28.7 Å². The summed E-state index contributed by atoms with van der Waals surface area (Å²) in [6.07, 6.45) is 6.16. The van der Waals surface area contributed by atoms with Gasteiger partial charge in [0.25, 0.3) is 0 Å². The predicted octanol–water partition coefficient (Wildman–Crippen LogP) is 5.68. The first kappa shape index (κ1) is 24.9. The molecule has 3 heterocycles. The number of nitriles is 1. The molecule has 0 saturated heterocycles. The van der Waals surface area contributed by atoms with Crippen molar-refractivity contribution in [1.29, 1.82) is 5.26 Å². The molecule has 5 aromatic rings. The lowest BCUT2D eigenvalue weighted by Crippen LogP contribution is -2.11. The molecule has 1 aliphatic carbocycles. The van der Waals surface area contributed by atoms with E-state index in [1.54, 1.807) is 24.3 Å². The Hall–Kier alpha value is -4.43. The van der Waals surface area contributed by atoms with Gasteiger partial charge in [-0.3, -0.25) is 9.78 Å². The number of H-pyrrole nitrogens is 1. The molecule has 9 nitrogen and oxygen atoms in total. The van der Waals surface area contributed by atoms with Crippen LogP contribution in [0.2, 0.25) is 0 Å². The number of pyridine rings is 2. The minimum Gasteiger partial charge on any atom is -0.493 e. The molecule has 0 amide bonds. The number of hydrogen-bond acceptors (Lipinski definition) is 7. The number of fused-ring (bicyclic) bond motifs is 4. The molecule has 11 heteroatoms. The molecule has 1 N–H and O–H groups in total. The topological polar surface area (TPSA) is 127 Å². The van der Waals surface area contributed by atoms with Crippen LogP contribution in [0.1, 0.15) is 44.2 Å². The van der Waals surface area contributed by atoms with E-state index < -0.39 is 10.5 Å². The van der Waals surface area contributed by atoms with Gasteiger partial charge in [-0.05, 0) is 49.6 Å². The molecule has 1 fully saturated rings. The minimum absolute atomic E-state index is 0.168. The number of hydrogen-bond donors (Lipinski definition) is 1. The Labute approximate surface area is 222 Å². The van der Waals surface area contributed by atoms with E-state index in [1.807, 2.05) is 13.0 Å². The molecule has 1 saturated carbocycles. The van der Waals surface area contributed by atoms with Gasteiger partial charge in [0.15, 0.2) is 11.2 Å². The summed E-state index contributed by atoms with van der Waals surface area (Å²) in [7, 11) is -5.24. The zero-order chi connectivity index (χ0) is 27.3. The number of aromatic amines is 1. The van der Waals surface area contributed by atoms with Crippen LogP contribution >= 0.6 is 0 Å². The molecule has 39 heavy (non-hydrogen) atoms. The van der Waals surface area contributed by atoms with Gasteiger partial charge in [-0.25, -0.2) is 0 Å². The number of ether oxygens (including phenoxy) is 1. The molecule has 0 unspecified atom stereocenters. The molecule has 0 radical (unpaired) electrons. The van der Waals surface area contributed by atoms with E-state index in [2.05, 4.69) is 24.8 Å². The molecule has 6 rings (SSSR count). The first-order chi connectivity index (χ1) is 18.8. The Morgan fingerprint density at radius 1 is 1.18 bits per heavy atom. The molecule has 0 spiro atoms. The quantitative estimate of drug-likeness (QED) is 0.196. The van der Waals surface area contributed by atoms with E-state index >= 15 is 0 Å². The Morgan fingerprint density at radius 2 is 2.00 bits per heavy atom. The normalized spacial score (nSPS) is 13.7. The van der Waals surface area contributed by atoms with Crippen molar-refractivity contribution >= 4 is 43.3 Å². The predicted molar refractivity (Wildman–Crippen MR) is 145 cm³/mol. The van der Waals surface area contributed by atoms with Crippen LogP contribution in [0.4, 0.5) is 3.89 Å². The molecule has 198 valence electrons. The molecule has 1 aliphatic rings. The third-order valence-electron chi connectivity index (χ3n) is 6.87. The SMILES string of the molecule is CCCCOc1cc2c(=O)c3c4ccc(C#N)cc4[nH]c3n(C3CC3)c2cc1-c1cncc(OS(=O)(=O)F)c1. The van der Waals surface area contributed by atoms with Crippen molar-refractivity contribution in [2.24, 2.45) is 0 Å². The Morgan fingerprint density at radius 3 is 2.72 bits per heavy atom. The highest BCUT2D eigenvalue weighted by Gasteiger charge is 2.29. The van der Waals surface area contributed by atoms with Gasteiger partial charge < -0.3 is 18.5 Å². The van der Waals surface area contributed by atoms with Gasteiger partial charge in [-0.15, -0.1) is 0 Å². The van der Waals surface area contributed by atoms with E-state index in [0.717, 1.165) is 37.3 Å². The minimum atomic E-state index is -5.24. The van der Waals surface area contributed by atoms with E-state index in [4.69, 9.17) is 4.74 Å². The Bertz CT molecular complexity index is 1990. The third kappa shape index (κ3) is 4.57. The lowest BCUT2D eigenvalue weighted by molar-refractivity contribution is 0.311. The van der Waals surface area contributed by atoms with Crippen LogP contribution in [0.3, 0.4) is 0 Å². The van der Waals surface area contributed by atoms with Gasteiger partial charge in [-0.2, -0.15) is 13.7 Å². The van der Waals surface area contributed by atoms with Crippen LogP contribution in [0.25, 0.3) is 44.0 Å². The van der Waals surface area contributed by atoms with E-state index in [1.165, 1.54) is 12.3 Å². The molecule has 0 bridgehead atoms. The Kier molecular flexibility index (Phi) is 5.99. The summed E-state index contributed by atoms with van der Waals surface area (Å²) in [4.78, 5) is 21.4. The van der Waals surface area contributed by atoms with Crippen LogP contribution in [0.5, 0.6) is 11.5 Å². The van der Waals surface area contributed by atoms with Crippen molar-refractivity contribution in [1.82, 2.24) is 14.5 Å². The maximum absolute atomic E-state index is 14.0. The van der Waals surface area contributed by atoms with Crippen molar-refractivity contribution in [3.05, 3.63) is 64.6 Å². The van der Waals surface area contributed by atoms with Crippen molar-refractivity contribution in [3.63, 3.8) is 0 Å². The van der Waals surface area contributed by atoms with Crippen molar-refractivity contribution in [2.45, 2.75) is 38.6 Å². The fourth-order valence-corrected chi connectivity index (χ4v) is 5.30. The highest BCUT2D eigenvalue weighted by Crippen LogP contribution is 2.43. The molecule has 2 aromatic carbocycles. The first-order valence-electron chi connectivity index (χ1n) is 12.6. The summed E-state index contributed by atoms with van der Waals surface area (Å²) < 4.78 is 48.0. The van der Waals surface area contributed by atoms with Crippen LogP contribution in [-0.4, -0.2) is 29.6 Å². The number of nitrogens with one attached hydrogen (secondary N) is 1. The monoisotopic (exact) mass is 546 g/mol. The highest BCUT2D eigenvalue weighted by molar-refractivity contribution is 7.81. The number of rotatable bonds is 8. The largest absolute Gasteiger partial charge is 0.493 e. The van der Waals surface area contributed by atoms with Gasteiger partial charge in [0.1, 0.15) is 11.4 Å². The summed E-state index contributed by atoms with van der Waals surface area (Å²) in [5.74, 6) is 0.136. The van der Waals surface area contributed by atoms with E-state index in [-0.39, 0.29) is 17.2 Å². The van der Waals surface area contributed by atoms with Crippen LogP contribution in [-0.2, 0) is 10.5 Å². The number of unbranched alkanes of at least 4 members (excludes halogenated alkanes) is 1. The number of aromatic nitrogens is 3. The first-order valence-corrected chi connectivity index (χ1v) is 13.9. The van der Waals surface area contributed by atoms with E-state index in [0.29, 0.717) is 56.5 Å². The van der Waals surface area contributed by atoms with Gasteiger partial charge in [-0.1, -0.05) is 23.3 Å². The molecule has 0 aliphatic heterocycles. The molecule has 0 atom stereocenters. The second-order valence-corrected chi connectivity index (χ2v) is 10.6. The second kappa shape index (κ2) is 9.39. The third-order valence-corrected chi connectivity index (χ3v) is 7.26. The number of nitrogens with zero attached hydrogens (tertiary/aromatic N) is 3. The molecular formula is C28H23FN4O5S. The smallest absolute Gasteiger partial charge is 0.488 e. The number of halogens is 1. The fourth-order valence-electron chi connectivity index (χ4n) is 4.98. The number of benzene rings is 2. The van der Waals surface area contributed by atoms with Gasteiger partial charge in [0.2, 0.25) is 0 Å². The highest BCUT2D eigenvalue weighted by atomic mass is 32.3. The second-order valence-electron chi connectivity index (χ2n) is 9.60. The Balaban J connectivity index is 1.65. The average molecular weight is 547 g/mol. The maximum Gasteiger partial charge on any atom is 0.488 e. The summed E-state index contributed by atoms with van der Waals surface area (Å²) in [6.45, 7) is 2.44. The summed E-state index contributed by atoms with van der Waals surface area (Å²) in [5, 5.41) is 11.1. The zero-order valence-electron chi connectivity index (χ0n) is 20.9. The lowest BCUT2D eigenvalue weighted by Gasteiger charge is -2.17. The maximum atomic E-state index is 14.0. The van der Waals surface area contributed by atoms with Crippen LogP contribution in [0, 0.1) is 11.3 Å². The van der Waals surface area contributed by atoms with E-state index in [9.17, 15) is 22.4 Å². The van der Waals surface area contributed by atoms with Gasteiger partial charge >= 0.3 is 10.5 Å². The standard InChI is InChI=1S/C28H23FN4O5S/c1-2-3-8-37-25-12-22-24(11-21(25)17-10-19(15-31-14-17)38-39(29,35)36)33(18-5-6-18)28-26(27(22)34)20-7-4-16(13-30)9-23(20)32-28/h4,7,9-12,14-15,18,32H,2-3,5-6,8H2,1H3. The molecule has 3 aromatic heterocycles. The van der Waals surface area contributed by atoms with Gasteiger partial charge in [0.05, 0.1) is 40.7 Å². The zero-order valence-corrected chi connectivity index (χ0v) is 21.7. The lowest BCUT2D eigenvalue weighted by atomic mass is 10.0. The van der Waals surface area contributed by atoms with Gasteiger partial charge in [0, 0.05) is 34.3 Å². The summed E-state index contributed by atoms with van der Waals surface area (Å²) in [5.41, 5.74) is 3.36. The summed E-state index contributed by atoms with van der Waals surface area (Å²) in [6, 6.07) is 12.4. The fraction of sp³-hybridized carbons (Fsp3) is 0.250. The average Bonchev–Trinajstić information content (AvgIpc) is 3.67. The van der Waals surface area contributed by atoms with Crippen molar-refractivity contribution in [2.75, 3.05) is 6.61 Å².